The summed E-state index contributed by atoms with van der Waals surface area (Å²) in [6.45, 7) is 2.10. The summed E-state index contributed by atoms with van der Waals surface area (Å²) >= 11 is 0. The first-order chi connectivity index (χ1) is 9.83. The zero-order valence-electron chi connectivity index (χ0n) is 11.3. The van der Waals surface area contributed by atoms with E-state index in [9.17, 15) is 0 Å². The molecule has 3 aromatic carbocycles. The van der Waals surface area contributed by atoms with E-state index in [0.717, 1.165) is 11.5 Å². The molecule has 0 spiro atoms. The van der Waals surface area contributed by atoms with E-state index in [1.807, 2.05) is 6.07 Å². The van der Waals surface area contributed by atoms with Crippen LogP contribution in [0.25, 0.3) is 22.3 Å². The van der Waals surface area contributed by atoms with Gasteiger partial charge in [0.25, 0.3) is 0 Å². The van der Waals surface area contributed by atoms with Crippen molar-refractivity contribution >= 4 is 0 Å². The molecule has 0 atom stereocenters. The number of hydrogen-bond acceptors (Lipinski definition) is 1. The van der Waals surface area contributed by atoms with Crippen LogP contribution in [0, 0.1) is 6.92 Å². The second-order valence-corrected chi connectivity index (χ2v) is 5.15. The molecule has 1 aliphatic heterocycles. The lowest BCUT2D eigenvalue weighted by atomic mass is 10.00. The minimum atomic E-state index is 1.02. The number of hydrogen-bond donors (Lipinski definition) is 0. The molecule has 1 nitrogen and oxygen atoms in total. The normalized spacial score (nSPS) is 11.7. The molecule has 0 radical (unpaired) electrons. The van der Waals surface area contributed by atoms with Gasteiger partial charge in [-0.1, -0.05) is 60.2 Å². The molecule has 0 bridgehead atoms. The van der Waals surface area contributed by atoms with Gasteiger partial charge in [-0.3, -0.25) is 0 Å². The molecular weight excluding hydrogens is 244 g/mol. The standard InChI is InChI=1S/C19H14O/c1-13-7-9-15(10-8-13)17-12-11-16(18-19(17)20-18)14-5-3-2-4-6-14/h2-12H,1H3. The van der Waals surface area contributed by atoms with E-state index in [2.05, 4.69) is 67.6 Å². The van der Waals surface area contributed by atoms with E-state index >= 15 is 0 Å². The second kappa shape index (κ2) is 4.24. The molecule has 0 aliphatic carbocycles. The molecule has 4 rings (SSSR count). The molecule has 96 valence electrons. The molecule has 0 saturated heterocycles. The van der Waals surface area contributed by atoms with E-state index in [1.165, 1.54) is 27.8 Å². The van der Waals surface area contributed by atoms with Crippen molar-refractivity contribution in [1.82, 2.24) is 0 Å². The maximum absolute atomic E-state index is 5.74. The van der Waals surface area contributed by atoms with Crippen molar-refractivity contribution in [2.24, 2.45) is 0 Å². The molecule has 3 aromatic rings. The predicted octanol–water partition coefficient (Wildman–Crippen LogP) is 5.43. The van der Waals surface area contributed by atoms with Crippen LogP contribution >= 0.6 is 0 Å². The van der Waals surface area contributed by atoms with Gasteiger partial charge in [0.05, 0.1) is 0 Å². The molecule has 0 N–H and O–H groups in total. The Kier molecular flexibility index (Phi) is 2.40. The Morgan fingerprint density at radius 2 is 1.15 bits per heavy atom. The largest absolute Gasteiger partial charge is 0.448 e. The van der Waals surface area contributed by atoms with Gasteiger partial charge in [0.15, 0.2) is 11.5 Å². The summed E-state index contributed by atoms with van der Waals surface area (Å²) in [5, 5.41) is 0. The van der Waals surface area contributed by atoms with Crippen LogP contribution in [-0.2, 0) is 0 Å². The highest BCUT2D eigenvalue weighted by atomic mass is 16.6. The third-order valence-corrected chi connectivity index (χ3v) is 3.72. The van der Waals surface area contributed by atoms with Crippen LogP contribution in [0.3, 0.4) is 0 Å². The third kappa shape index (κ3) is 1.79. The van der Waals surface area contributed by atoms with Crippen molar-refractivity contribution in [1.29, 1.82) is 0 Å². The molecule has 1 heterocycles. The maximum atomic E-state index is 5.74. The van der Waals surface area contributed by atoms with Crippen LogP contribution in [-0.4, -0.2) is 0 Å². The van der Waals surface area contributed by atoms with Gasteiger partial charge in [0.1, 0.15) is 0 Å². The number of aryl methyl sites for hydroxylation is 1. The first-order valence-corrected chi connectivity index (χ1v) is 6.80. The highest BCUT2D eigenvalue weighted by Gasteiger charge is 2.29. The lowest BCUT2D eigenvalue weighted by Crippen LogP contribution is -1.77. The lowest BCUT2D eigenvalue weighted by Gasteiger charge is -2.01. The molecule has 0 unspecified atom stereocenters. The van der Waals surface area contributed by atoms with E-state index < -0.39 is 0 Å². The van der Waals surface area contributed by atoms with Crippen LogP contribution in [0.5, 0.6) is 11.5 Å². The molecule has 1 heteroatoms. The van der Waals surface area contributed by atoms with Gasteiger partial charge in [0.2, 0.25) is 0 Å². The lowest BCUT2D eigenvalue weighted by molar-refractivity contribution is 0.652. The second-order valence-electron chi connectivity index (χ2n) is 5.15. The quantitative estimate of drug-likeness (QED) is 0.436. The van der Waals surface area contributed by atoms with Crippen molar-refractivity contribution in [3.8, 4) is 33.8 Å². The van der Waals surface area contributed by atoms with E-state index in [4.69, 9.17) is 4.74 Å². The van der Waals surface area contributed by atoms with Gasteiger partial charge < -0.3 is 4.74 Å². The molecule has 0 fully saturated rings. The molecule has 0 amide bonds. The number of benzene rings is 3. The van der Waals surface area contributed by atoms with Gasteiger partial charge in [-0.25, -0.2) is 0 Å². The summed E-state index contributed by atoms with van der Waals surface area (Å²) in [7, 11) is 0. The van der Waals surface area contributed by atoms with Crippen LogP contribution in [0.4, 0.5) is 0 Å². The van der Waals surface area contributed by atoms with Crippen LogP contribution in [0.1, 0.15) is 5.56 Å². The number of ether oxygens (including phenoxy) is 1. The summed E-state index contributed by atoms with van der Waals surface area (Å²) in [5.74, 6) is 2.05. The van der Waals surface area contributed by atoms with Crippen molar-refractivity contribution in [2.75, 3.05) is 0 Å². The summed E-state index contributed by atoms with van der Waals surface area (Å²) < 4.78 is 5.74. The summed E-state index contributed by atoms with van der Waals surface area (Å²) in [5.41, 5.74) is 6.05. The molecule has 0 saturated carbocycles. The first kappa shape index (κ1) is 11.3. The van der Waals surface area contributed by atoms with Crippen LogP contribution in [0.2, 0.25) is 0 Å². The Morgan fingerprint density at radius 1 is 0.600 bits per heavy atom. The number of rotatable bonds is 2. The van der Waals surface area contributed by atoms with E-state index in [-0.39, 0.29) is 0 Å². The minimum absolute atomic E-state index is 1.02. The Balaban J connectivity index is 1.79. The highest BCUT2D eigenvalue weighted by molar-refractivity contribution is 5.89. The maximum Gasteiger partial charge on any atom is 0.178 e. The van der Waals surface area contributed by atoms with Crippen molar-refractivity contribution in [3.05, 3.63) is 72.3 Å². The summed E-state index contributed by atoms with van der Waals surface area (Å²) in [4.78, 5) is 0. The Labute approximate surface area is 118 Å². The average Bonchev–Trinajstić information content (AvgIpc) is 3.28. The van der Waals surface area contributed by atoms with E-state index in [1.54, 1.807) is 0 Å². The first-order valence-electron chi connectivity index (χ1n) is 6.80. The van der Waals surface area contributed by atoms with E-state index in [0.29, 0.717) is 0 Å². The number of fused-ring (bicyclic) bond motifs is 1. The van der Waals surface area contributed by atoms with Gasteiger partial charge in [-0.05, 0) is 30.2 Å². The van der Waals surface area contributed by atoms with Gasteiger partial charge >= 0.3 is 0 Å². The summed E-state index contributed by atoms with van der Waals surface area (Å²) in [6, 6.07) is 23.2. The smallest absolute Gasteiger partial charge is 0.178 e. The fourth-order valence-electron chi connectivity index (χ4n) is 2.55. The summed E-state index contributed by atoms with van der Waals surface area (Å²) in [6.07, 6.45) is 0. The van der Waals surface area contributed by atoms with Crippen molar-refractivity contribution < 1.29 is 4.74 Å². The Morgan fingerprint density at radius 3 is 1.75 bits per heavy atom. The molecule has 0 aromatic heterocycles. The van der Waals surface area contributed by atoms with Crippen molar-refractivity contribution in [2.45, 2.75) is 6.92 Å². The van der Waals surface area contributed by atoms with Gasteiger partial charge in [0, 0.05) is 11.1 Å². The fourth-order valence-corrected chi connectivity index (χ4v) is 2.55. The topological polar surface area (TPSA) is 12.5 Å². The monoisotopic (exact) mass is 258 g/mol. The van der Waals surface area contributed by atoms with Crippen molar-refractivity contribution in [3.63, 3.8) is 0 Å². The van der Waals surface area contributed by atoms with Crippen LogP contribution in [0.15, 0.2) is 66.7 Å². The molecule has 1 aliphatic rings. The Bertz CT molecular complexity index is 771. The fraction of sp³-hybridized carbons (Fsp3) is 0.0526. The zero-order chi connectivity index (χ0) is 13.5. The third-order valence-electron chi connectivity index (χ3n) is 3.72. The molecular formula is C19H14O. The Hall–Kier alpha value is -2.54. The van der Waals surface area contributed by atoms with Crippen LogP contribution < -0.4 is 4.74 Å². The predicted molar refractivity (Wildman–Crippen MR) is 82.1 cm³/mol. The molecule has 20 heavy (non-hydrogen) atoms. The SMILES string of the molecule is Cc1ccc(-c2ccc(-c3ccccc3)c3c2O3)cc1. The van der Waals surface area contributed by atoms with Gasteiger partial charge in [-0.2, -0.15) is 0 Å². The van der Waals surface area contributed by atoms with Gasteiger partial charge in [-0.15, -0.1) is 0 Å². The zero-order valence-corrected chi connectivity index (χ0v) is 11.3. The highest BCUT2D eigenvalue weighted by Crippen LogP contribution is 2.57. The average molecular weight is 258 g/mol. The minimum Gasteiger partial charge on any atom is -0.448 e.